The number of hydrogen-bond acceptors (Lipinski definition) is 1. The minimum atomic E-state index is 0.472. The molecule has 15 heavy (non-hydrogen) atoms. The summed E-state index contributed by atoms with van der Waals surface area (Å²) in [5.41, 5.74) is 0. The van der Waals surface area contributed by atoms with E-state index >= 15 is 0 Å². The molecule has 0 atom stereocenters. The highest BCUT2D eigenvalue weighted by Gasteiger charge is 2.03. The van der Waals surface area contributed by atoms with E-state index in [1.807, 2.05) is 0 Å². The lowest BCUT2D eigenvalue weighted by Gasteiger charge is -2.05. The first-order valence-corrected chi connectivity index (χ1v) is 6.54. The summed E-state index contributed by atoms with van der Waals surface area (Å²) in [7, 11) is 0. The fourth-order valence-corrected chi connectivity index (χ4v) is 1.71. The van der Waals surface area contributed by atoms with Crippen LogP contribution in [0, 0.1) is 11.8 Å². The monoisotopic (exact) mass is 212 g/mol. The van der Waals surface area contributed by atoms with Crippen LogP contribution in [0.1, 0.15) is 72.6 Å². The van der Waals surface area contributed by atoms with Crippen LogP contribution in [0.15, 0.2) is 0 Å². The molecule has 0 radical (unpaired) electrons. The Morgan fingerprint density at radius 3 is 1.80 bits per heavy atom. The second kappa shape index (κ2) is 8.94. The molecule has 0 aromatic rings. The predicted octanol–water partition coefficient (Wildman–Crippen LogP) is 4.60. The number of hydrogen-bond donors (Lipinski definition) is 0. The van der Waals surface area contributed by atoms with Gasteiger partial charge in [-0.25, -0.2) is 0 Å². The molecule has 90 valence electrons. The van der Waals surface area contributed by atoms with Crippen molar-refractivity contribution in [3.05, 3.63) is 0 Å². The van der Waals surface area contributed by atoms with E-state index in [9.17, 15) is 4.79 Å². The molecular formula is C14H28O. The van der Waals surface area contributed by atoms with Crippen molar-refractivity contribution in [3.63, 3.8) is 0 Å². The summed E-state index contributed by atoms with van der Waals surface area (Å²) in [6.45, 7) is 8.91. The Labute approximate surface area is 95.6 Å². The van der Waals surface area contributed by atoms with Gasteiger partial charge in [0, 0.05) is 12.8 Å². The Balaban J connectivity index is 3.26. The zero-order valence-corrected chi connectivity index (χ0v) is 11.0. The largest absolute Gasteiger partial charge is 0.300 e. The Hall–Kier alpha value is -0.330. The minimum absolute atomic E-state index is 0.472. The van der Waals surface area contributed by atoms with Crippen molar-refractivity contribution in [2.24, 2.45) is 11.8 Å². The normalized spacial score (nSPS) is 11.3. The fourth-order valence-electron chi connectivity index (χ4n) is 1.71. The molecule has 0 aliphatic carbocycles. The number of rotatable bonds is 9. The minimum Gasteiger partial charge on any atom is -0.300 e. The van der Waals surface area contributed by atoms with Crippen LogP contribution in [-0.2, 0) is 4.79 Å². The SMILES string of the molecule is CC(C)CCCCC(=O)CCCC(C)C. The van der Waals surface area contributed by atoms with E-state index in [1.54, 1.807) is 0 Å². The summed E-state index contributed by atoms with van der Waals surface area (Å²) in [5, 5.41) is 0. The molecule has 0 bridgehead atoms. The predicted molar refractivity (Wildman–Crippen MR) is 67.0 cm³/mol. The molecular weight excluding hydrogens is 184 g/mol. The van der Waals surface area contributed by atoms with Gasteiger partial charge in [0.25, 0.3) is 0 Å². The molecule has 0 aromatic carbocycles. The van der Waals surface area contributed by atoms with Gasteiger partial charge in [-0.2, -0.15) is 0 Å². The smallest absolute Gasteiger partial charge is 0.132 e. The van der Waals surface area contributed by atoms with Gasteiger partial charge in [-0.05, 0) is 24.7 Å². The molecule has 1 nitrogen and oxygen atoms in total. The zero-order chi connectivity index (χ0) is 11.7. The van der Waals surface area contributed by atoms with Crippen molar-refractivity contribution in [1.29, 1.82) is 0 Å². The van der Waals surface area contributed by atoms with Crippen LogP contribution in [0.3, 0.4) is 0 Å². The number of ketones is 1. The maximum absolute atomic E-state index is 11.5. The molecule has 0 spiro atoms. The Kier molecular flexibility index (Phi) is 8.74. The van der Waals surface area contributed by atoms with Crippen LogP contribution in [0.5, 0.6) is 0 Å². The Morgan fingerprint density at radius 1 is 0.800 bits per heavy atom. The number of Topliss-reactive ketones (excluding diaryl/α,β-unsaturated/α-hetero) is 1. The molecule has 0 N–H and O–H groups in total. The maximum Gasteiger partial charge on any atom is 0.132 e. The standard InChI is InChI=1S/C14H28O/c1-12(2)8-5-6-10-14(15)11-7-9-13(3)4/h12-13H,5-11H2,1-4H3. The Bertz CT molecular complexity index is 159. The van der Waals surface area contributed by atoms with Gasteiger partial charge in [-0.3, -0.25) is 4.79 Å². The summed E-state index contributed by atoms with van der Waals surface area (Å²) in [6.07, 6.45) is 7.47. The van der Waals surface area contributed by atoms with E-state index in [4.69, 9.17) is 0 Å². The molecule has 0 aliphatic rings. The number of carbonyl (C=O) groups excluding carboxylic acids is 1. The van der Waals surface area contributed by atoms with Crippen molar-refractivity contribution in [3.8, 4) is 0 Å². The van der Waals surface area contributed by atoms with Crippen molar-refractivity contribution in [2.45, 2.75) is 72.6 Å². The van der Waals surface area contributed by atoms with Gasteiger partial charge in [0.05, 0.1) is 0 Å². The highest BCUT2D eigenvalue weighted by atomic mass is 16.1. The molecule has 0 rings (SSSR count). The second-order valence-corrected chi connectivity index (χ2v) is 5.46. The van der Waals surface area contributed by atoms with Crippen LogP contribution >= 0.6 is 0 Å². The summed E-state index contributed by atoms with van der Waals surface area (Å²) in [6, 6.07) is 0. The number of unbranched alkanes of at least 4 members (excludes halogenated alkanes) is 1. The van der Waals surface area contributed by atoms with Gasteiger partial charge in [0.1, 0.15) is 5.78 Å². The van der Waals surface area contributed by atoms with Crippen LogP contribution in [0.25, 0.3) is 0 Å². The van der Waals surface area contributed by atoms with E-state index < -0.39 is 0 Å². The van der Waals surface area contributed by atoms with E-state index in [1.165, 1.54) is 19.3 Å². The van der Waals surface area contributed by atoms with Gasteiger partial charge in [0.2, 0.25) is 0 Å². The van der Waals surface area contributed by atoms with E-state index in [-0.39, 0.29) is 0 Å². The summed E-state index contributed by atoms with van der Waals surface area (Å²) < 4.78 is 0. The first-order chi connectivity index (χ1) is 7.02. The first kappa shape index (κ1) is 14.7. The third kappa shape index (κ3) is 11.6. The highest BCUT2D eigenvalue weighted by molar-refractivity contribution is 5.78. The fraction of sp³-hybridized carbons (Fsp3) is 0.929. The molecule has 1 heteroatoms. The van der Waals surface area contributed by atoms with Crippen LogP contribution in [0.4, 0.5) is 0 Å². The molecule has 0 saturated carbocycles. The summed E-state index contributed by atoms with van der Waals surface area (Å²) in [5.74, 6) is 1.99. The van der Waals surface area contributed by atoms with Gasteiger partial charge in [0.15, 0.2) is 0 Å². The lowest BCUT2D eigenvalue weighted by molar-refractivity contribution is -0.119. The topological polar surface area (TPSA) is 17.1 Å². The van der Waals surface area contributed by atoms with Crippen molar-refractivity contribution >= 4 is 5.78 Å². The van der Waals surface area contributed by atoms with Crippen molar-refractivity contribution in [2.75, 3.05) is 0 Å². The third-order valence-electron chi connectivity index (χ3n) is 2.72. The van der Waals surface area contributed by atoms with E-state index in [0.29, 0.717) is 5.78 Å². The van der Waals surface area contributed by atoms with Crippen LogP contribution in [0.2, 0.25) is 0 Å². The van der Waals surface area contributed by atoms with E-state index in [0.717, 1.165) is 37.5 Å². The second-order valence-electron chi connectivity index (χ2n) is 5.46. The lowest BCUT2D eigenvalue weighted by Crippen LogP contribution is -1.99. The van der Waals surface area contributed by atoms with Crippen molar-refractivity contribution in [1.82, 2.24) is 0 Å². The van der Waals surface area contributed by atoms with Gasteiger partial charge in [-0.15, -0.1) is 0 Å². The maximum atomic E-state index is 11.5. The molecule has 0 aromatic heterocycles. The van der Waals surface area contributed by atoms with Crippen molar-refractivity contribution < 1.29 is 4.79 Å². The Morgan fingerprint density at radius 2 is 1.27 bits per heavy atom. The molecule has 0 fully saturated rings. The first-order valence-electron chi connectivity index (χ1n) is 6.54. The average Bonchev–Trinajstić information content (AvgIpc) is 2.11. The van der Waals surface area contributed by atoms with Gasteiger partial charge < -0.3 is 0 Å². The summed E-state index contributed by atoms with van der Waals surface area (Å²) >= 11 is 0. The van der Waals surface area contributed by atoms with Gasteiger partial charge >= 0.3 is 0 Å². The zero-order valence-electron chi connectivity index (χ0n) is 11.0. The molecule has 0 saturated heterocycles. The molecule has 0 heterocycles. The average molecular weight is 212 g/mol. The van der Waals surface area contributed by atoms with Gasteiger partial charge in [-0.1, -0.05) is 47.0 Å². The quantitative estimate of drug-likeness (QED) is 0.511. The molecule has 0 amide bonds. The molecule has 0 unspecified atom stereocenters. The van der Waals surface area contributed by atoms with Crippen LogP contribution in [-0.4, -0.2) is 5.78 Å². The van der Waals surface area contributed by atoms with E-state index in [2.05, 4.69) is 27.7 Å². The molecule has 0 aliphatic heterocycles. The third-order valence-corrected chi connectivity index (χ3v) is 2.72. The van der Waals surface area contributed by atoms with Crippen LogP contribution < -0.4 is 0 Å². The highest BCUT2D eigenvalue weighted by Crippen LogP contribution is 2.11. The summed E-state index contributed by atoms with van der Waals surface area (Å²) in [4.78, 5) is 11.5. The number of carbonyl (C=O) groups is 1. The lowest BCUT2D eigenvalue weighted by atomic mass is 10.0.